The van der Waals surface area contributed by atoms with Crippen molar-refractivity contribution in [1.29, 1.82) is 0 Å². The molecule has 1 fully saturated rings. The molecule has 1 saturated heterocycles. The third-order valence-corrected chi connectivity index (χ3v) is 2.49. The highest BCUT2D eigenvalue weighted by molar-refractivity contribution is 5.49. The Morgan fingerprint density at radius 3 is 3.00 bits per heavy atom. The summed E-state index contributed by atoms with van der Waals surface area (Å²) in [5.41, 5.74) is 2.05. The van der Waals surface area contributed by atoms with Crippen LogP contribution in [0.4, 0.5) is 5.69 Å². The van der Waals surface area contributed by atoms with Gasteiger partial charge in [0.05, 0.1) is 0 Å². The molecule has 0 amide bonds. The second-order valence-corrected chi connectivity index (χ2v) is 3.63. The third-order valence-electron chi connectivity index (χ3n) is 2.49. The van der Waals surface area contributed by atoms with Gasteiger partial charge in [-0.25, -0.2) is 0 Å². The first-order valence-electron chi connectivity index (χ1n) is 4.90. The Kier molecular flexibility index (Phi) is 2.71. The van der Waals surface area contributed by atoms with E-state index in [0.717, 1.165) is 36.8 Å². The lowest BCUT2D eigenvalue weighted by molar-refractivity contribution is 0.365. The lowest BCUT2D eigenvalue weighted by Gasteiger charge is -2.27. The Balaban J connectivity index is 1.91. The monoisotopic (exact) mass is 186 g/mol. The molecule has 2 nitrogen and oxygen atoms in total. The molecule has 1 aliphatic rings. The van der Waals surface area contributed by atoms with E-state index in [0.29, 0.717) is 0 Å². The first kappa shape index (κ1) is 9.11. The third kappa shape index (κ3) is 2.07. The van der Waals surface area contributed by atoms with Gasteiger partial charge in [0.25, 0.3) is 0 Å². The second-order valence-electron chi connectivity index (χ2n) is 3.63. The zero-order valence-corrected chi connectivity index (χ0v) is 8.09. The van der Waals surface area contributed by atoms with Crippen LogP contribution in [-0.2, 0) is 0 Å². The zero-order valence-electron chi connectivity index (χ0n) is 8.09. The van der Waals surface area contributed by atoms with Crippen molar-refractivity contribution < 1.29 is 0 Å². The highest BCUT2D eigenvalue weighted by Crippen LogP contribution is 2.11. The highest BCUT2D eigenvalue weighted by Gasteiger charge is 2.15. The Labute approximate surface area is 84.7 Å². The first-order chi connectivity index (χ1) is 6.88. The van der Waals surface area contributed by atoms with Crippen molar-refractivity contribution in [3.63, 3.8) is 0 Å². The zero-order chi connectivity index (χ0) is 9.80. The number of terminal acetylenes is 1. The van der Waals surface area contributed by atoms with E-state index in [-0.39, 0.29) is 0 Å². The van der Waals surface area contributed by atoms with Crippen LogP contribution in [0.5, 0.6) is 0 Å². The summed E-state index contributed by atoms with van der Waals surface area (Å²) in [6.45, 7) is 3.28. The molecule has 0 aliphatic carbocycles. The standard InChI is InChI=1S/C12H14N2/c1-2-10-4-3-5-12(6-10)14-9-11-7-13-8-11/h1,3-6,11,13-14H,7-9H2. The highest BCUT2D eigenvalue weighted by atomic mass is 15.0. The Morgan fingerprint density at radius 1 is 1.50 bits per heavy atom. The average Bonchev–Trinajstić information content (AvgIpc) is 2.16. The number of rotatable bonds is 3. The van der Waals surface area contributed by atoms with Gasteiger partial charge in [0, 0.05) is 36.8 Å². The van der Waals surface area contributed by atoms with E-state index >= 15 is 0 Å². The molecule has 1 heterocycles. The van der Waals surface area contributed by atoms with Crippen LogP contribution in [-0.4, -0.2) is 19.6 Å². The largest absolute Gasteiger partial charge is 0.385 e. The van der Waals surface area contributed by atoms with Crippen molar-refractivity contribution >= 4 is 5.69 Å². The number of nitrogens with one attached hydrogen (secondary N) is 2. The molecule has 1 aromatic carbocycles. The van der Waals surface area contributed by atoms with Crippen molar-refractivity contribution in [1.82, 2.24) is 5.32 Å². The van der Waals surface area contributed by atoms with E-state index in [2.05, 4.69) is 16.6 Å². The molecule has 0 unspecified atom stereocenters. The van der Waals surface area contributed by atoms with Gasteiger partial charge >= 0.3 is 0 Å². The molecular formula is C12H14N2. The maximum absolute atomic E-state index is 5.32. The van der Waals surface area contributed by atoms with E-state index in [1.807, 2.05) is 24.3 Å². The Hall–Kier alpha value is -1.46. The summed E-state index contributed by atoms with van der Waals surface area (Å²) in [6.07, 6.45) is 5.32. The molecule has 72 valence electrons. The van der Waals surface area contributed by atoms with Gasteiger partial charge < -0.3 is 10.6 Å². The average molecular weight is 186 g/mol. The fourth-order valence-electron chi connectivity index (χ4n) is 1.47. The number of anilines is 1. The normalized spacial score (nSPS) is 15.6. The summed E-state index contributed by atoms with van der Waals surface area (Å²) in [4.78, 5) is 0. The summed E-state index contributed by atoms with van der Waals surface area (Å²) in [5.74, 6) is 3.40. The lowest BCUT2D eigenvalue weighted by atomic mass is 10.0. The topological polar surface area (TPSA) is 24.1 Å². The van der Waals surface area contributed by atoms with Crippen LogP contribution in [0, 0.1) is 18.3 Å². The summed E-state index contributed by atoms with van der Waals surface area (Å²) >= 11 is 0. The van der Waals surface area contributed by atoms with E-state index in [4.69, 9.17) is 6.42 Å². The minimum atomic E-state index is 0.768. The van der Waals surface area contributed by atoms with E-state index < -0.39 is 0 Å². The van der Waals surface area contributed by atoms with Gasteiger partial charge in [0.1, 0.15) is 0 Å². The van der Waals surface area contributed by atoms with Crippen LogP contribution in [0.1, 0.15) is 5.56 Å². The van der Waals surface area contributed by atoms with Crippen LogP contribution < -0.4 is 10.6 Å². The molecule has 0 atom stereocenters. The van der Waals surface area contributed by atoms with Gasteiger partial charge in [0.2, 0.25) is 0 Å². The fourth-order valence-corrected chi connectivity index (χ4v) is 1.47. The lowest BCUT2D eigenvalue weighted by Crippen LogP contribution is -2.45. The SMILES string of the molecule is C#Cc1cccc(NCC2CNC2)c1. The predicted molar refractivity (Wildman–Crippen MR) is 59.2 cm³/mol. The van der Waals surface area contributed by atoms with Crippen LogP contribution >= 0.6 is 0 Å². The van der Waals surface area contributed by atoms with E-state index in [1.54, 1.807) is 0 Å². The predicted octanol–water partition coefficient (Wildman–Crippen LogP) is 1.30. The minimum absolute atomic E-state index is 0.768. The molecule has 1 aliphatic heterocycles. The molecule has 2 heteroatoms. The minimum Gasteiger partial charge on any atom is -0.385 e. The van der Waals surface area contributed by atoms with E-state index in [1.165, 1.54) is 0 Å². The summed E-state index contributed by atoms with van der Waals surface area (Å²) < 4.78 is 0. The molecule has 2 N–H and O–H groups in total. The van der Waals surface area contributed by atoms with Gasteiger partial charge in [0.15, 0.2) is 0 Å². The van der Waals surface area contributed by atoms with Gasteiger partial charge in [-0.2, -0.15) is 0 Å². The molecular weight excluding hydrogens is 172 g/mol. The van der Waals surface area contributed by atoms with Crippen LogP contribution in [0.3, 0.4) is 0 Å². The van der Waals surface area contributed by atoms with Crippen molar-refractivity contribution in [2.24, 2.45) is 5.92 Å². The molecule has 1 aromatic rings. The maximum Gasteiger partial charge on any atom is 0.0352 e. The van der Waals surface area contributed by atoms with Gasteiger partial charge in [-0.1, -0.05) is 12.0 Å². The van der Waals surface area contributed by atoms with Gasteiger partial charge in [-0.3, -0.25) is 0 Å². The Morgan fingerprint density at radius 2 is 2.36 bits per heavy atom. The summed E-state index contributed by atoms with van der Waals surface area (Å²) in [7, 11) is 0. The molecule has 0 aromatic heterocycles. The molecule has 0 radical (unpaired) electrons. The summed E-state index contributed by atoms with van der Waals surface area (Å²) in [6, 6.07) is 7.98. The van der Waals surface area contributed by atoms with Crippen molar-refractivity contribution in [3.05, 3.63) is 29.8 Å². The van der Waals surface area contributed by atoms with Gasteiger partial charge in [-0.05, 0) is 18.2 Å². The summed E-state index contributed by atoms with van der Waals surface area (Å²) in [5, 5.41) is 6.63. The van der Waals surface area contributed by atoms with Crippen molar-refractivity contribution in [3.8, 4) is 12.3 Å². The van der Waals surface area contributed by atoms with Crippen LogP contribution in [0.2, 0.25) is 0 Å². The number of hydrogen-bond acceptors (Lipinski definition) is 2. The van der Waals surface area contributed by atoms with Crippen LogP contribution in [0.15, 0.2) is 24.3 Å². The molecule has 14 heavy (non-hydrogen) atoms. The first-order valence-corrected chi connectivity index (χ1v) is 4.90. The van der Waals surface area contributed by atoms with Crippen molar-refractivity contribution in [2.45, 2.75) is 0 Å². The van der Waals surface area contributed by atoms with E-state index in [9.17, 15) is 0 Å². The molecule has 0 saturated carbocycles. The Bertz CT molecular complexity index is 348. The van der Waals surface area contributed by atoms with Crippen LogP contribution in [0.25, 0.3) is 0 Å². The second kappa shape index (κ2) is 4.17. The number of hydrogen-bond donors (Lipinski definition) is 2. The molecule has 0 bridgehead atoms. The fraction of sp³-hybridized carbons (Fsp3) is 0.333. The quantitative estimate of drug-likeness (QED) is 0.695. The number of benzene rings is 1. The maximum atomic E-state index is 5.32. The molecule has 2 rings (SSSR count). The van der Waals surface area contributed by atoms with Gasteiger partial charge in [-0.15, -0.1) is 6.42 Å². The van der Waals surface area contributed by atoms with Crippen molar-refractivity contribution in [2.75, 3.05) is 25.0 Å². The molecule has 0 spiro atoms. The smallest absolute Gasteiger partial charge is 0.0352 e.